The predicted molar refractivity (Wildman–Crippen MR) is 78.2 cm³/mol. The molecule has 0 aliphatic heterocycles. The highest BCUT2D eigenvalue weighted by atomic mass is 32.1. The fourth-order valence-corrected chi connectivity index (χ4v) is 2.67. The van der Waals surface area contributed by atoms with Crippen molar-refractivity contribution in [2.24, 2.45) is 0 Å². The summed E-state index contributed by atoms with van der Waals surface area (Å²) < 4.78 is 0. The molecule has 1 aromatic heterocycles. The fraction of sp³-hybridized carbons (Fsp3) is 0.286. The van der Waals surface area contributed by atoms with Crippen molar-refractivity contribution in [3.05, 3.63) is 45.4 Å². The van der Waals surface area contributed by atoms with E-state index in [1.165, 1.54) is 0 Å². The van der Waals surface area contributed by atoms with Gasteiger partial charge in [-0.15, -0.1) is 11.3 Å². The monoisotopic (exact) mass is 275 g/mol. The Bertz CT molecular complexity index is 606. The molecule has 2 N–H and O–H groups in total. The van der Waals surface area contributed by atoms with E-state index in [2.05, 4.69) is 4.98 Å². The van der Waals surface area contributed by atoms with Crippen molar-refractivity contribution in [2.75, 3.05) is 12.8 Å². The second-order valence-corrected chi connectivity index (χ2v) is 5.54. The van der Waals surface area contributed by atoms with Gasteiger partial charge in [0.1, 0.15) is 0 Å². The Morgan fingerprint density at radius 3 is 2.79 bits per heavy atom. The van der Waals surface area contributed by atoms with E-state index in [1.54, 1.807) is 40.9 Å². The molecule has 1 amide bonds. The van der Waals surface area contributed by atoms with Gasteiger partial charge in [-0.2, -0.15) is 0 Å². The van der Waals surface area contributed by atoms with Gasteiger partial charge in [-0.05, 0) is 31.5 Å². The Morgan fingerprint density at radius 2 is 2.16 bits per heavy atom. The number of nitrogen functional groups attached to an aromatic ring is 1. The van der Waals surface area contributed by atoms with Gasteiger partial charge in [-0.1, -0.05) is 6.07 Å². The van der Waals surface area contributed by atoms with Crippen LogP contribution in [-0.4, -0.2) is 22.8 Å². The van der Waals surface area contributed by atoms with Gasteiger partial charge < -0.3 is 10.6 Å². The molecule has 0 aliphatic carbocycles. The third-order valence-corrected chi connectivity index (χ3v) is 3.98. The number of carbonyl (C=O) groups is 1. The number of rotatable bonds is 3. The molecule has 2 rings (SSSR count). The van der Waals surface area contributed by atoms with E-state index in [9.17, 15) is 4.79 Å². The number of carbonyl (C=O) groups excluding carboxylic acids is 1. The minimum atomic E-state index is -0.0161. The van der Waals surface area contributed by atoms with E-state index < -0.39 is 0 Å². The van der Waals surface area contributed by atoms with Crippen LogP contribution in [0.2, 0.25) is 0 Å². The number of nitrogens with two attached hydrogens (primary N) is 1. The summed E-state index contributed by atoms with van der Waals surface area (Å²) in [6.07, 6.45) is 0. The minimum absolute atomic E-state index is 0.0161. The number of aryl methyl sites for hydroxylation is 2. The van der Waals surface area contributed by atoms with Crippen LogP contribution in [0.1, 0.15) is 26.5 Å². The normalized spacial score (nSPS) is 10.5. The van der Waals surface area contributed by atoms with E-state index in [0.717, 1.165) is 16.1 Å². The zero-order valence-electron chi connectivity index (χ0n) is 11.3. The van der Waals surface area contributed by atoms with Crippen LogP contribution in [0, 0.1) is 13.8 Å². The van der Waals surface area contributed by atoms with Gasteiger partial charge in [0.2, 0.25) is 0 Å². The summed E-state index contributed by atoms with van der Waals surface area (Å²) in [6, 6.07) is 5.40. The number of benzene rings is 1. The van der Waals surface area contributed by atoms with Crippen molar-refractivity contribution in [2.45, 2.75) is 20.4 Å². The van der Waals surface area contributed by atoms with Gasteiger partial charge in [-0.25, -0.2) is 4.98 Å². The third-order valence-electron chi connectivity index (χ3n) is 3.06. The third kappa shape index (κ3) is 2.93. The van der Waals surface area contributed by atoms with Crippen LogP contribution in [0.5, 0.6) is 0 Å². The lowest BCUT2D eigenvalue weighted by Crippen LogP contribution is -2.26. The van der Waals surface area contributed by atoms with Crippen molar-refractivity contribution in [1.29, 1.82) is 0 Å². The Balaban J connectivity index is 2.19. The Kier molecular flexibility index (Phi) is 3.85. The van der Waals surface area contributed by atoms with Crippen LogP contribution in [0.4, 0.5) is 5.69 Å². The van der Waals surface area contributed by atoms with Gasteiger partial charge in [0, 0.05) is 23.2 Å². The molecule has 100 valence electrons. The van der Waals surface area contributed by atoms with Crippen molar-refractivity contribution >= 4 is 22.9 Å². The predicted octanol–water partition coefficient (Wildman–Crippen LogP) is 2.61. The van der Waals surface area contributed by atoms with Crippen LogP contribution in [-0.2, 0) is 6.54 Å². The Labute approximate surface area is 116 Å². The lowest BCUT2D eigenvalue weighted by Gasteiger charge is -2.18. The zero-order chi connectivity index (χ0) is 14.0. The molecule has 0 saturated carbocycles. The number of anilines is 1. The van der Waals surface area contributed by atoms with Crippen molar-refractivity contribution in [3.63, 3.8) is 0 Å². The summed E-state index contributed by atoms with van der Waals surface area (Å²) >= 11 is 1.57. The molecule has 1 heterocycles. The van der Waals surface area contributed by atoms with Crippen LogP contribution in [0.25, 0.3) is 0 Å². The van der Waals surface area contributed by atoms with E-state index in [0.29, 0.717) is 17.8 Å². The lowest BCUT2D eigenvalue weighted by atomic mass is 10.1. The number of thiazole rings is 1. The molecule has 19 heavy (non-hydrogen) atoms. The summed E-state index contributed by atoms with van der Waals surface area (Å²) in [4.78, 5) is 19.4. The average Bonchev–Trinajstić information content (AvgIpc) is 2.77. The van der Waals surface area contributed by atoms with E-state index in [1.807, 2.05) is 19.9 Å². The van der Waals surface area contributed by atoms with E-state index in [-0.39, 0.29) is 5.91 Å². The highest BCUT2D eigenvalue weighted by Gasteiger charge is 2.16. The highest BCUT2D eigenvalue weighted by Crippen LogP contribution is 2.18. The summed E-state index contributed by atoms with van der Waals surface area (Å²) in [6.45, 7) is 4.44. The number of amides is 1. The van der Waals surface area contributed by atoms with Crippen molar-refractivity contribution < 1.29 is 4.79 Å². The highest BCUT2D eigenvalue weighted by molar-refractivity contribution is 7.09. The number of aromatic nitrogens is 1. The van der Waals surface area contributed by atoms with Gasteiger partial charge in [-0.3, -0.25) is 4.79 Å². The molecule has 0 atom stereocenters. The number of nitrogens with zero attached hydrogens (tertiary/aromatic N) is 2. The molecule has 2 aromatic rings. The molecule has 5 heteroatoms. The van der Waals surface area contributed by atoms with Gasteiger partial charge in [0.25, 0.3) is 5.91 Å². The van der Waals surface area contributed by atoms with Gasteiger partial charge >= 0.3 is 0 Å². The standard InChI is InChI=1S/C14H17N3OS/c1-9-4-5-11(15)6-12(9)14(18)17(3)7-13-10(2)16-8-19-13/h4-6,8H,7,15H2,1-3H3. The molecule has 0 radical (unpaired) electrons. The maximum absolute atomic E-state index is 12.4. The second-order valence-electron chi connectivity index (χ2n) is 4.60. The zero-order valence-corrected chi connectivity index (χ0v) is 12.1. The largest absolute Gasteiger partial charge is 0.399 e. The maximum Gasteiger partial charge on any atom is 0.254 e. The number of hydrogen-bond donors (Lipinski definition) is 1. The van der Waals surface area contributed by atoms with Crippen molar-refractivity contribution in [3.8, 4) is 0 Å². The molecule has 0 saturated heterocycles. The smallest absolute Gasteiger partial charge is 0.254 e. The van der Waals surface area contributed by atoms with Crippen LogP contribution < -0.4 is 5.73 Å². The van der Waals surface area contributed by atoms with Crippen molar-refractivity contribution in [1.82, 2.24) is 9.88 Å². The summed E-state index contributed by atoms with van der Waals surface area (Å²) in [7, 11) is 1.80. The first-order chi connectivity index (χ1) is 8.99. The molecular weight excluding hydrogens is 258 g/mol. The first kappa shape index (κ1) is 13.5. The Hall–Kier alpha value is -1.88. The molecule has 0 spiro atoms. The second kappa shape index (κ2) is 5.40. The minimum Gasteiger partial charge on any atom is -0.399 e. The quantitative estimate of drug-likeness (QED) is 0.876. The lowest BCUT2D eigenvalue weighted by molar-refractivity contribution is 0.0785. The summed E-state index contributed by atoms with van der Waals surface area (Å²) in [5.41, 5.74) is 10.7. The van der Waals surface area contributed by atoms with E-state index >= 15 is 0 Å². The number of hydrogen-bond acceptors (Lipinski definition) is 4. The van der Waals surface area contributed by atoms with Crippen LogP contribution >= 0.6 is 11.3 Å². The van der Waals surface area contributed by atoms with Crippen LogP contribution in [0.3, 0.4) is 0 Å². The van der Waals surface area contributed by atoms with Gasteiger partial charge in [0.15, 0.2) is 0 Å². The molecule has 4 nitrogen and oxygen atoms in total. The summed E-state index contributed by atoms with van der Waals surface area (Å²) in [5.74, 6) is -0.0161. The molecule has 0 fully saturated rings. The van der Waals surface area contributed by atoms with Gasteiger partial charge in [0.05, 0.1) is 17.7 Å². The molecule has 1 aromatic carbocycles. The Morgan fingerprint density at radius 1 is 1.42 bits per heavy atom. The van der Waals surface area contributed by atoms with E-state index in [4.69, 9.17) is 5.73 Å². The molecule has 0 bridgehead atoms. The maximum atomic E-state index is 12.4. The molecule has 0 unspecified atom stereocenters. The average molecular weight is 275 g/mol. The SMILES string of the molecule is Cc1ccc(N)cc1C(=O)N(C)Cc1scnc1C. The molecular formula is C14H17N3OS. The topological polar surface area (TPSA) is 59.2 Å². The first-order valence-corrected chi connectivity index (χ1v) is 6.87. The molecule has 0 aliphatic rings. The first-order valence-electron chi connectivity index (χ1n) is 5.99. The fourth-order valence-electron chi connectivity index (χ4n) is 1.84. The van der Waals surface area contributed by atoms with Crippen LogP contribution in [0.15, 0.2) is 23.7 Å². The summed E-state index contributed by atoms with van der Waals surface area (Å²) in [5, 5.41) is 0.